The van der Waals surface area contributed by atoms with E-state index in [2.05, 4.69) is 5.32 Å². The molecule has 2 fully saturated rings. The van der Waals surface area contributed by atoms with Crippen LogP contribution in [0.2, 0.25) is 5.02 Å². The number of carbonyl (C=O) groups excluding carboxylic acids is 2. The van der Waals surface area contributed by atoms with Crippen LogP contribution in [-0.2, 0) is 16.0 Å². The van der Waals surface area contributed by atoms with Gasteiger partial charge in [-0.25, -0.2) is 4.39 Å². The monoisotopic (exact) mass is 352 g/mol. The first-order valence-electron chi connectivity index (χ1n) is 8.56. The van der Waals surface area contributed by atoms with Crippen LogP contribution in [0, 0.1) is 11.7 Å². The molecule has 2 amide bonds. The highest BCUT2D eigenvalue weighted by molar-refractivity contribution is 6.31. The molecule has 1 unspecified atom stereocenters. The van der Waals surface area contributed by atoms with E-state index in [9.17, 15) is 14.0 Å². The van der Waals surface area contributed by atoms with Crippen molar-refractivity contribution in [3.05, 3.63) is 34.6 Å². The maximum Gasteiger partial charge on any atom is 0.225 e. The number of benzene rings is 1. The van der Waals surface area contributed by atoms with E-state index in [0.29, 0.717) is 36.1 Å². The molecule has 1 atom stereocenters. The summed E-state index contributed by atoms with van der Waals surface area (Å²) in [7, 11) is 0. The van der Waals surface area contributed by atoms with Crippen molar-refractivity contribution in [2.45, 2.75) is 44.6 Å². The second-order valence-corrected chi connectivity index (χ2v) is 7.03. The van der Waals surface area contributed by atoms with Gasteiger partial charge in [0.15, 0.2) is 0 Å². The van der Waals surface area contributed by atoms with Gasteiger partial charge in [-0.15, -0.1) is 0 Å². The topological polar surface area (TPSA) is 49.4 Å². The van der Waals surface area contributed by atoms with Gasteiger partial charge in [-0.05, 0) is 31.4 Å². The quantitative estimate of drug-likeness (QED) is 0.885. The molecule has 4 nitrogen and oxygen atoms in total. The van der Waals surface area contributed by atoms with Gasteiger partial charge >= 0.3 is 0 Å². The lowest BCUT2D eigenvalue weighted by molar-refractivity contribution is -0.130. The molecule has 1 saturated heterocycles. The Labute approximate surface area is 146 Å². The fraction of sp³-hybridized carbons (Fsp3) is 0.556. The summed E-state index contributed by atoms with van der Waals surface area (Å²) in [6.07, 6.45) is 5.04. The predicted molar refractivity (Wildman–Crippen MR) is 90.2 cm³/mol. The minimum atomic E-state index is -0.361. The average molecular weight is 353 g/mol. The van der Waals surface area contributed by atoms with E-state index in [1.807, 2.05) is 4.90 Å². The highest BCUT2D eigenvalue weighted by Crippen LogP contribution is 2.29. The number of carbonyl (C=O) groups is 2. The summed E-state index contributed by atoms with van der Waals surface area (Å²) >= 11 is 5.98. The molecule has 1 aromatic rings. The summed E-state index contributed by atoms with van der Waals surface area (Å²) in [5.74, 6) is -0.704. The zero-order valence-electron chi connectivity index (χ0n) is 13.6. The molecular weight excluding hydrogens is 331 g/mol. The molecule has 2 aliphatic rings. The summed E-state index contributed by atoms with van der Waals surface area (Å²) in [5, 5.41) is 3.18. The Morgan fingerprint density at radius 3 is 2.79 bits per heavy atom. The summed E-state index contributed by atoms with van der Waals surface area (Å²) in [6.45, 7) is 0.823. The van der Waals surface area contributed by atoms with E-state index >= 15 is 0 Å². The van der Waals surface area contributed by atoms with Gasteiger partial charge in [0.05, 0.1) is 5.92 Å². The zero-order chi connectivity index (χ0) is 17.1. The van der Waals surface area contributed by atoms with Crippen molar-refractivity contribution in [2.75, 3.05) is 13.1 Å². The van der Waals surface area contributed by atoms with Crippen molar-refractivity contribution in [3.8, 4) is 0 Å². The standard InChI is InChI=1S/C18H22ClFN2O2/c19-15-6-3-7-16(20)14(15)8-9-21-18(24)12-10-17(23)22(11-12)13-4-1-2-5-13/h3,6-7,12-13H,1-2,4-5,8-11H2,(H,21,24). The normalized spacial score (nSPS) is 21.5. The second kappa shape index (κ2) is 7.51. The lowest BCUT2D eigenvalue weighted by Gasteiger charge is -2.23. The van der Waals surface area contributed by atoms with Crippen LogP contribution in [0.4, 0.5) is 4.39 Å². The first-order chi connectivity index (χ1) is 11.6. The molecule has 1 aliphatic carbocycles. The van der Waals surface area contributed by atoms with Crippen molar-refractivity contribution in [1.29, 1.82) is 0 Å². The SMILES string of the molecule is O=C(NCCc1c(F)cccc1Cl)C1CC(=O)N(C2CCCC2)C1. The second-order valence-electron chi connectivity index (χ2n) is 6.63. The maximum atomic E-state index is 13.7. The summed E-state index contributed by atoms with van der Waals surface area (Å²) in [4.78, 5) is 26.3. The van der Waals surface area contributed by atoms with Crippen LogP contribution in [0.15, 0.2) is 18.2 Å². The largest absolute Gasteiger partial charge is 0.355 e. The fourth-order valence-corrected chi connectivity index (χ4v) is 3.96. The fourth-order valence-electron chi connectivity index (χ4n) is 3.70. The Hall–Kier alpha value is -1.62. The van der Waals surface area contributed by atoms with Crippen molar-refractivity contribution in [2.24, 2.45) is 5.92 Å². The Kier molecular flexibility index (Phi) is 5.39. The number of nitrogens with zero attached hydrogens (tertiary/aromatic N) is 1. The van der Waals surface area contributed by atoms with Crippen molar-refractivity contribution < 1.29 is 14.0 Å². The minimum absolute atomic E-state index is 0.0826. The molecule has 130 valence electrons. The van der Waals surface area contributed by atoms with E-state index in [0.717, 1.165) is 25.7 Å². The Morgan fingerprint density at radius 2 is 2.08 bits per heavy atom. The van der Waals surface area contributed by atoms with Crippen LogP contribution in [0.3, 0.4) is 0 Å². The molecule has 1 N–H and O–H groups in total. The van der Waals surface area contributed by atoms with E-state index in [1.54, 1.807) is 12.1 Å². The van der Waals surface area contributed by atoms with E-state index in [-0.39, 0.29) is 30.0 Å². The molecule has 1 saturated carbocycles. The maximum absolute atomic E-state index is 13.7. The summed E-state index contributed by atoms with van der Waals surface area (Å²) in [6, 6.07) is 4.86. The highest BCUT2D eigenvalue weighted by Gasteiger charge is 2.38. The van der Waals surface area contributed by atoms with Gasteiger partial charge in [0.1, 0.15) is 5.82 Å². The van der Waals surface area contributed by atoms with Crippen LogP contribution in [0.5, 0.6) is 0 Å². The number of hydrogen-bond acceptors (Lipinski definition) is 2. The lowest BCUT2D eigenvalue weighted by atomic mass is 10.1. The van der Waals surface area contributed by atoms with Crippen molar-refractivity contribution in [1.82, 2.24) is 10.2 Å². The Balaban J connectivity index is 1.50. The van der Waals surface area contributed by atoms with Crippen LogP contribution in [-0.4, -0.2) is 35.8 Å². The number of amides is 2. The van der Waals surface area contributed by atoms with Gasteiger partial charge in [0, 0.05) is 36.1 Å². The molecule has 6 heteroatoms. The molecule has 0 bridgehead atoms. The number of likely N-dealkylation sites (tertiary alicyclic amines) is 1. The lowest BCUT2D eigenvalue weighted by Crippen LogP contribution is -2.37. The zero-order valence-corrected chi connectivity index (χ0v) is 14.3. The average Bonchev–Trinajstić information content (AvgIpc) is 3.19. The Bertz CT molecular complexity index is 611. The summed E-state index contributed by atoms with van der Waals surface area (Å²) < 4.78 is 13.7. The molecule has 0 radical (unpaired) electrons. The molecule has 0 spiro atoms. The van der Waals surface area contributed by atoms with Crippen LogP contribution >= 0.6 is 11.6 Å². The molecule has 0 aromatic heterocycles. The molecule has 3 rings (SSSR count). The minimum Gasteiger partial charge on any atom is -0.355 e. The van der Waals surface area contributed by atoms with Crippen molar-refractivity contribution in [3.63, 3.8) is 0 Å². The van der Waals surface area contributed by atoms with Gasteiger partial charge in [-0.1, -0.05) is 30.5 Å². The van der Waals surface area contributed by atoms with E-state index in [1.165, 1.54) is 6.07 Å². The van der Waals surface area contributed by atoms with E-state index in [4.69, 9.17) is 11.6 Å². The first-order valence-corrected chi connectivity index (χ1v) is 8.94. The molecule has 1 heterocycles. The third-order valence-corrected chi connectivity index (χ3v) is 5.38. The molecule has 1 aromatic carbocycles. The smallest absolute Gasteiger partial charge is 0.225 e. The van der Waals surface area contributed by atoms with Gasteiger partial charge in [-0.2, -0.15) is 0 Å². The summed E-state index contributed by atoms with van der Waals surface area (Å²) in [5.41, 5.74) is 0.412. The van der Waals surface area contributed by atoms with Gasteiger partial charge in [0.25, 0.3) is 0 Å². The number of rotatable bonds is 5. The van der Waals surface area contributed by atoms with Gasteiger partial charge in [0.2, 0.25) is 11.8 Å². The van der Waals surface area contributed by atoms with Crippen LogP contribution in [0.1, 0.15) is 37.7 Å². The third kappa shape index (κ3) is 3.72. The highest BCUT2D eigenvalue weighted by atomic mass is 35.5. The number of halogens is 2. The third-order valence-electron chi connectivity index (χ3n) is 5.03. The van der Waals surface area contributed by atoms with Crippen LogP contribution < -0.4 is 5.32 Å². The van der Waals surface area contributed by atoms with Gasteiger partial charge in [-0.3, -0.25) is 9.59 Å². The molecule has 24 heavy (non-hydrogen) atoms. The Morgan fingerprint density at radius 1 is 1.33 bits per heavy atom. The van der Waals surface area contributed by atoms with E-state index < -0.39 is 0 Å². The number of nitrogens with one attached hydrogen (secondary N) is 1. The molecule has 1 aliphatic heterocycles. The first kappa shape index (κ1) is 17.2. The molecular formula is C18H22ClFN2O2. The van der Waals surface area contributed by atoms with Crippen molar-refractivity contribution >= 4 is 23.4 Å². The van der Waals surface area contributed by atoms with Gasteiger partial charge < -0.3 is 10.2 Å². The number of hydrogen-bond donors (Lipinski definition) is 1. The van der Waals surface area contributed by atoms with Crippen LogP contribution in [0.25, 0.3) is 0 Å². The predicted octanol–water partition coefficient (Wildman–Crippen LogP) is 2.93.